The van der Waals surface area contributed by atoms with Gasteiger partial charge in [-0.2, -0.15) is 0 Å². The maximum atomic E-state index is 12.9. The zero-order valence-electron chi connectivity index (χ0n) is 19.1. The second-order valence-electron chi connectivity index (χ2n) is 8.57. The Hall–Kier alpha value is -3.94. The van der Waals surface area contributed by atoms with Gasteiger partial charge in [-0.25, -0.2) is 0 Å². The number of nitrogens with zero attached hydrogens (tertiary/aromatic N) is 2. The minimum absolute atomic E-state index is 0.0833. The molecule has 5 rings (SSSR count). The molecule has 2 unspecified atom stereocenters. The number of carbonyl (C=O) groups is 2. The van der Waals surface area contributed by atoms with Gasteiger partial charge in [0.05, 0.1) is 0 Å². The summed E-state index contributed by atoms with van der Waals surface area (Å²) in [5, 5.41) is 0. The summed E-state index contributed by atoms with van der Waals surface area (Å²) in [5.74, 6) is 2.61. The van der Waals surface area contributed by atoms with E-state index in [9.17, 15) is 9.59 Å². The number of amides is 2. The molecule has 8 heteroatoms. The summed E-state index contributed by atoms with van der Waals surface area (Å²) < 4.78 is 21.4. The lowest BCUT2D eigenvalue weighted by molar-refractivity contribution is -0.139. The van der Waals surface area contributed by atoms with Crippen molar-refractivity contribution in [3.05, 3.63) is 59.7 Å². The first-order chi connectivity index (χ1) is 16.5. The lowest BCUT2D eigenvalue weighted by Crippen LogP contribution is -2.59. The van der Waals surface area contributed by atoms with Gasteiger partial charge < -0.3 is 28.7 Å². The van der Waals surface area contributed by atoms with Crippen LogP contribution < -0.4 is 18.9 Å². The molecule has 2 aromatic carbocycles. The summed E-state index contributed by atoms with van der Waals surface area (Å²) in [6.07, 6.45) is 6.68. The van der Waals surface area contributed by atoms with Crippen LogP contribution in [-0.4, -0.2) is 60.4 Å². The molecule has 0 saturated carbocycles. The van der Waals surface area contributed by atoms with Gasteiger partial charge in [-0.3, -0.25) is 9.59 Å². The van der Waals surface area contributed by atoms with E-state index in [1.165, 1.54) is 0 Å². The second-order valence-corrected chi connectivity index (χ2v) is 8.57. The maximum Gasteiger partial charge on any atom is 0.246 e. The number of ether oxygens (including phenoxy) is 4. The molecule has 0 N–H and O–H groups in total. The number of rotatable bonds is 4. The van der Waals surface area contributed by atoms with Crippen molar-refractivity contribution in [3.8, 4) is 23.0 Å². The van der Waals surface area contributed by atoms with E-state index in [-0.39, 0.29) is 37.5 Å². The fourth-order valence-electron chi connectivity index (χ4n) is 4.30. The minimum atomic E-state index is -0.104. The lowest BCUT2D eigenvalue weighted by Gasteiger charge is -2.43. The predicted octanol–water partition coefficient (Wildman–Crippen LogP) is 3.32. The summed E-state index contributed by atoms with van der Waals surface area (Å²) in [4.78, 5) is 29.4. The molecule has 8 nitrogen and oxygen atoms in total. The number of piperazine rings is 1. The number of fused-ring (bicyclic) bond motifs is 2. The fourth-order valence-corrected chi connectivity index (χ4v) is 4.30. The number of carbonyl (C=O) groups excluding carboxylic acids is 2. The first-order valence-electron chi connectivity index (χ1n) is 11.2. The Bertz CT molecular complexity index is 1080. The summed E-state index contributed by atoms with van der Waals surface area (Å²) in [5.41, 5.74) is 1.72. The number of hydrogen-bond donors (Lipinski definition) is 0. The van der Waals surface area contributed by atoms with E-state index in [1.807, 2.05) is 50.2 Å². The van der Waals surface area contributed by atoms with Crippen LogP contribution in [0.3, 0.4) is 0 Å². The van der Waals surface area contributed by atoms with Crippen LogP contribution in [0.4, 0.5) is 0 Å². The van der Waals surface area contributed by atoms with Gasteiger partial charge in [0.2, 0.25) is 25.4 Å². The Morgan fingerprint density at radius 2 is 1.12 bits per heavy atom. The average Bonchev–Trinajstić information content (AvgIpc) is 3.50. The third kappa shape index (κ3) is 4.44. The molecule has 176 valence electrons. The van der Waals surface area contributed by atoms with Crippen molar-refractivity contribution in [2.45, 2.75) is 25.9 Å². The zero-order valence-corrected chi connectivity index (χ0v) is 19.1. The van der Waals surface area contributed by atoms with Crippen LogP contribution >= 0.6 is 0 Å². The van der Waals surface area contributed by atoms with E-state index < -0.39 is 0 Å². The highest BCUT2D eigenvalue weighted by molar-refractivity contribution is 5.94. The molecule has 1 saturated heterocycles. The molecule has 2 amide bonds. The average molecular weight is 463 g/mol. The standard InChI is InChI=1S/C26H26N2O6/c1-17-13-28(26(30)10-6-20-4-8-22-24(12-20)34-16-32-22)18(2)14-27(17)25(29)9-5-19-3-7-21-23(11-19)33-15-31-21/h3-12,17-18H,13-16H2,1-2H3. The third-order valence-electron chi connectivity index (χ3n) is 6.18. The molecule has 0 spiro atoms. The summed E-state index contributed by atoms with van der Waals surface area (Å²) in [6, 6.07) is 10.9. The lowest BCUT2D eigenvalue weighted by atomic mass is 10.1. The van der Waals surface area contributed by atoms with Crippen molar-refractivity contribution < 1.29 is 28.5 Å². The van der Waals surface area contributed by atoms with Crippen molar-refractivity contribution in [1.29, 1.82) is 0 Å². The number of hydrogen-bond acceptors (Lipinski definition) is 6. The molecule has 3 heterocycles. The zero-order chi connectivity index (χ0) is 23.7. The van der Waals surface area contributed by atoms with Crippen LogP contribution in [0.15, 0.2) is 48.6 Å². The van der Waals surface area contributed by atoms with Gasteiger partial charge in [-0.15, -0.1) is 0 Å². The molecule has 1 fully saturated rings. The molecule has 0 bridgehead atoms. The van der Waals surface area contributed by atoms with Crippen LogP contribution in [-0.2, 0) is 9.59 Å². The normalized spacial score (nSPS) is 21.0. The van der Waals surface area contributed by atoms with E-state index in [2.05, 4.69) is 0 Å². The van der Waals surface area contributed by atoms with Gasteiger partial charge in [0, 0.05) is 37.3 Å². The minimum Gasteiger partial charge on any atom is -0.454 e. The van der Waals surface area contributed by atoms with E-state index in [0.29, 0.717) is 36.1 Å². The Kier molecular flexibility index (Phi) is 5.88. The second kappa shape index (κ2) is 9.13. The largest absolute Gasteiger partial charge is 0.454 e. The van der Waals surface area contributed by atoms with Crippen molar-refractivity contribution in [1.82, 2.24) is 9.80 Å². The van der Waals surface area contributed by atoms with Gasteiger partial charge in [0.15, 0.2) is 23.0 Å². The monoisotopic (exact) mass is 462 g/mol. The Morgan fingerprint density at radius 3 is 1.56 bits per heavy atom. The summed E-state index contributed by atoms with van der Waals surface area (Å²) >= 11 is 0. The SMILES string of the molecule is CC1CN(C(=O)C=Cc2ccc3c(c2)OCO3)C(C)CN1C(=O)C=Cc1ccc2c(c1)OCO2. The Balaban J connectivity index is 1.20. The highest BCUT2D eigenvalue weighted by atomic mass is 16.7. The van der Waals surface area contributed by atoms with E-state index >= 15 is 0 Å². The highest BCUT2D eigenvalue weighted by Crippen LogP contribution is 2.33. The molecular weight excluding hydrogens is 436 g/mol. The van der Waals surface area contributed by atoms with Crippen LogP contribution in [0, 0.1) is 0 Å². The van der Waals surface area contributed by atoms with Gasteiger partial charge in [-0.05, 0) is 61.4 Å². The van der Waals surface area contributed by atoms with Crippen LogP contribution in [0.5, 0.6) is 23.0 Å². The molecule has 34 heavy (non-hydrogen) atoms. The van der Waals surface area contributed by atoms with Crippen LogP contribution in [0.2, 0.25) is 0 Å². The van der Waals surface area contributed by atoms with Crippen molar-refractivity contribution in [2.24, 2.45) is 0 Å². The molecular formula is C26H26N2O6. The fraction of sp³-hybridized carbons (Fsp3) is 0.308. The van der Waals surface area contributed by atoms with Crippen molar-refractivity contribution in [2.75, 3.05) is 26.7 Å². The topological polar surface area (TPSA) is 77.5 Å². The molecule has 3 aliphatic heterocycles. The van der Waals surface area contributed by atoms with E-state index in [1.54, 1.807) is 34.1 Å². The molecule has 0 aliphatic carbocycles. The van der Waals surface area contributed by atoms with Gasteiger partial charge >= 0.3 is 0 Å². The van der Waals surface area contributed by atoms with Gasteiger partial charge in [0.25, 0.3) is 0 Å². The smallest absolute Gasteiger partial charge is 0.246 e. The molecule has 0 radical (unpaired) electrons. The number of benzene rings is 2. The quantitative estimate of drug-likeness (QED) is 0.649. The molecule has 0 aromatic heterocycles. The van der Waals surface area contributed by atoms with E-state index in [4.69, 9.17) is 18.9 Å². The summed E-state index contributed by atoms with van der Waals surface area (Å²) in [7, 11) is 0. The van der Waals surface area contributed by atoms with Gasteiger partial charge in [-0.1, -0.05) is 12.1 Å². The van der Waals surface area contributed by atoms with Crippen LogP contribution in [0.25, 0.3) is 12.2 Å². The Morgan fingerprint density at radius 1 is 0.706 bits per heavy atom. The molecule has 2 atom stereocenters. The van der Waals surface area contributed by atoms with E-state index in [0.717, 1.165) is 11.1 Å². The Labute approximate surface area is 197 Å². The highest BCUT2D eigenvalue weighted by Gasteiger charge is 2.32. The van der Waals surface area contributed by atoms with Crippen LogP contribution in [0.1, 0.15) is 25.0 Å². The van der Waals surface area contributed by atoms with Crippen molar-refractivity contribution in [3.63, 3.8) is 0 Å². The van der Waals surface area contributed by atoms with Crippen molar-refractivity contribution >= 4 is 24.0 Å². The molecule has 3 aliphatic rings. The first kappa shape index (κ1) is 21.9. The first-order valence-corrected chi connectivity index (χ1v) is 11.2. The summed E-state index contributed by atoms with van der Waals surface area (Å²) in [6.45, 7) is 5.28. The maximum absolute atomic E-state index is 12.9. The van der Waals surface area contributed by atoms with Gasteiger partial charge in [0.1, 0.15) is 0 Å². The molecule has 2 aromatic rings. The third-order valence-corrected chi connectivity index (χ3v) is 6.18. The predicted molar refractivity (Wildman–Crippen MR) is 126 cm³/mol.